The van der Waals surface area contributed by atoms with Crippen molar-refractivity contribution in [3.05, 3.63) is 64.7 Å². The predicted octanol–water partition coefficient (Wildman–Crippen LogP) is 3.32. The molecule has 0 spiro atoms. The number of rotatable bonds is 5. The average Bonchev–Trinajstić information content (AvgIpc) is 2.48. The van der Waals surface area contributed by atoms with Gasteiger partial charge in [-0.25, -0.2) is 0 Å². The Labute approximate surface area is 126 Å². The van der Waals surface area contributed by atoms with Crippen LogP contribution in [0.1, 0.15) is 27.0 Å². The molecule has 0 aliphatic carbocycles. The molecule has 0 heterocycles. The highest BCUT2D eigenvalue weighted by atomic mass is 16.1. The summed E-state index contributed by atoms with van der Waals surface area (Å²) in [6, 6.07) is 14.1. The van der Waals surface area contributed by atoms with Crippen molar-refractivity contribution in [2.45, 2.75) is 20.3 Å². The number of amides is 1. The van der Waals surface area contributed by atoms with Gasteiger partial charge >= 0.3 is 0 Å². The van der Waals surface area contributed by atoms with E-state index in [1.807, 2.05) is 44.3 Å². The normalized spacial score (nSPS) is 10.2. The first kappa shape index (κ1) is 15.1. The van der Waals surface area contributed by atoms with E-state index in [1.165, 1.54) is 11.1 Å². The van der Waals surface area contributed by atoms with Gasteiger partial charge in [0.25, 0.3) is 5.91 Å². The number of benzene rings is 2. The third-order valence-corrected chi connectivity index (χ3v) is 3.63. The Morgan fingerprint density at radius 3 is 2.57 bits per heavy atom. The van der Waals surface area contributed by atoms with Gasteiger partial charge < -0.3 is 10.6 Å². The molecule has 110 valence electrons. The maximum atomic E-state index is 12.3. The third-order valence-electron chi connectivity index (χ3n) is 3.63. The fraction of sp³-hybridized carbons (Fsp3) is 0.278. The van der Waals surface area contributed by atoms with Crippen LogP contribution in [0.15, 0.2) is 42.5 Å². The lowest BCUT2D eigenvalue weighted by molar-refractivity contribution is 0.0955. The van der Waals surface area contributed by atoms with Crippen molar-refractivity contribution in [1.82, 2.24) is 5.32 Å². The number of aryl methyl sites for hydroxylation is 2. The molecule has 3 nitrogen and oxygen atoms in total. The zero-order valence-corrected chi connectivity index (χ0v) is 12.9. The molecule has 21 heavy (non-hydrogen) atoms. The molecule has 0 unspecified atom stereocenters. The van der Waals surface area contributed by atoms with Gasteiger partial charge in [-0.1, -0.05) is 30.3 Å². The molecule has 2 aromatic carbocycles. The van der Waals surface area contributed by atoms with Crippen LogP contribution in [0.3, 0.4) is 0 Å². The summed E-state index contributed by atoms with van der Waals surface area (Å²) >= 11 is 0. The summed E-state index contributed by atoms with van der Waals surface area (Å²) in [6.07, 6.45) is 0.846. The summed E-state index contributed by atoms with van der Waals surface area (Å²) in [7, 11) is 1.83. The standard InChI is InChI=1S/C18H22N2O/c1-13-8-9-16(17(12-13)19-3)18(21)20-11-10-15-7-5-4-6-14(15)2/h4-9,12,19H,10-11H2,1-3H3,(H,20,21). The third kappa shape index (κ3) is 3.85. The van der Waals surface area contributed by atoms with E-state index in [1.54, 1.807) is 0 Å². The topological polar surface area (TPSA) is 41.1 Å². The van der Waals surface area contributed by atoms with Gasteiger partial charge in [-0.05, 0) is 49.1 Å². The van der Waals surface area contributed by atoms with Gasteiger partial charge in [0.05, 0.1) is 5.56 Å². The van der Waals surface area contributed by atoms with Gasteiger partial charge in [-0.2, -0.15) is 0 Å². The van der Waals surface area contributed by atoms with E-state index in [4.69, 9.17) is 0 Å². The molecule has 0 fully saturated rings. The van der Waals surface area contributed by atoms with Crippen molar-refractivity contribution in [3.63, 3.8) is 0 Å². The van der Waals surface area contributed by atoms with E-state index in [9.17, 15) is 4.79 Å². The molecule has 0 bridgehead atoms. The van der Waals surface area contributed by atoms with Crippen LogP contribution in [0, 0.1) is 13.8 Å². The fourth-order valence-electron chi connectivity index (χ4n) is 2.36. The summed E-state index contributed by atoms with van der Waals surface area (Å²) in [5, 5.41) is 6.06. The second-order valence-corrected chi connectivity index (χ2v) is 5.23. The van der Waals surface area contributed by atoms with E-state index in [0.717, 1.165) is 17.7 Å². The Hall–Kier alpha value is -2.29. The molecule has 3 heteroatoms. The van der Waals surface area contributed by atoms with Gasteiger partial charge in [-0.3, -0.25) is 4.79 Å². The van der Waals surface area contributed by atoms with Crippen molar-refractivity contribution in [2.24, 2.45) is 0 Å². The fourth-order valence-corrected chi connectivity index (χ4v) is 2.36. The summed E-state index contributed by atoms with van der Waals surface area (Å²) in [6.45, 7) is 4.75. The van der Waals surface area contributed by atoms with Crippen molar-refractivity contribution in [1.29, 1.82) is 0 Å². The van der Waals surface area contributed by atoms with Crippen molar-refractivity contribution in [2.75, 3.05) is 18.9 Å². The highest BCUT2D eigenvalue weighted by Crippen LogP contribution is 2.17. The summed E-state index contributed by atoms with van der Waals surface area (Å²) in [4.78, 5) is 12.3. The molecule has 0 radical (unpaired) electrons. The Morgan fingerprint density at radius 2 is 1.86 bits per heavy atom. The average molecular weight is 282 g/mol. The van der Waals surface area contributed by atoms with Crippen molar-refractivity contribution >= 4 is 11.6 Å². The van der Waals surface area contributed by atoms with Crippen LogP contribution in [0.2, 0.25) is 0 Å². The molecule has 2 N–H and O–H groups in total. The highest BCUT2D eigenvalue weighted by molar-refractivity contribution is 5.99. The van der Waals surface area contributed by atoms with Crippen molar-refractivity contribution in [3.8, 4) is 0 Å². The number of hydrogen-bond acceptors (Lipinski definition) is 2. The number of anilines is 1. The molecule has 0 aliphatic rings. The minimum Gasteiger partial charge on any atom is -0.387 e. The molecular formula is C18H22N2O. The van der Waals surface area contributed by atoms with E-state index in [2.05, 4.69) is 29.7 Å². The Bertz CT molecular complexity index is 635. The first-order valence-corrected chi connectivity index (χ1v) is 7.23. The van der Waals surface area contributed by atoms with Gasteiger partial charge in [0.15, 0.2) is 0 Å². The number of hydrogen-bond donors (Lipinski definition) is 2. The zero-order valence-electron chi connectivity index (χ0n) is 12.9. The van der Waals surface area contributed by atoms with E-state index in [0.29, 0.717) is 12.1 Å². The number of nitrogens with one attached hydrogen (secondary N) is 2. The van der Waals surface area contributed by atoms with Gasteiger partial charge in [0, 0.05) is 19.3 Å². The Kier molecular flexibility index (Phi) is 4.99. The number of carbonyl (C=O) groups excluding carboxylic acids is 1. The molecule has 2 aromatic rings. The van der Waals surface area contributed by atoms with Gasteiger partial charge in [0.2, 0.25) is 0 Å². The lowest BCUT2D eigenvalue weighted by atomic mass is 10.1. The monoisotopic (exact) mass is 282 g/mol. The first-order valence-electron chi connectivity index (χ1n) is 7.23. The molecule has 0 saturated carbocycles. The largest absolute Gasteiger partial charge is 0.387 e. The lowest BCUT2D eigenvalue weighted by Gasteiger charge is -2.11. The second-order valence-electron chi connectivity index (χ2n) is 5.23. The Balaban J connectivity index is 1.98. The second kappa shape index (κ2) is 6.93. The SMILES string of the molecule is CNc1cc(C)ccc1C(=O)NCCc1ccccc1C. The quantitative estimate of drug-likeness (QED) is 0.883. The molecule has 0 atom stereocenters. The van der Waals surface area contributed by atoms with Crippen molar-refractivity contribution < 1.29 is 4.79 Å². The van der Waals surface area contributed by atoms with E-state index < -0.39 is 0 Å². The first-order chi connectivity index (χ1) is 10.1. The summed E-state index contributed by atoms with van der Waals surface area (Å²) in [5.74, 6) is -0.0343. The minimum absolute atomic E-state index is 0.0343. The molecule has 0 aliphatic heterocycles. The van der Waals surface area contributed by atoms with E-state index >= 15 is 0 Å². The smallest absolute Gasteiger partial charge is 0.253 e. The van der Waals surface area contributed by atoms with Crippen LogP contribution in [0.5, 0.6) is 0 Å². The Morgan fingerprint density at radius 1 is 1.10 bits per heavy atom. The molecule has 1 amide bonds. The van der Waals surface area contributed by atoms with E-state index in [-0.39, 0.29) is 5.91 Å². The minimum atomic E-state index is -0.0343. The van der Waals surface area contributed by atoms with Crippen LogP contribution >= 0.6 is 0 Å². The lowest BCUT2D eigenvalue weighted by Crippen LogP contribution is -2.26. The number of carbonyl (C=O) groups is 1. The summed E-state index contributed by atoms with van der Waals surface area (Å²) in [5.41, 5.74) is 5.22. The van der Waals surface area contributed by atoms with Crippen LogP contribution in [-0.2, 0) is 6.42 Å². The maximum Gasteiger partial charge on any atom is 0.253 e. The molecular weight excluding hydrogens is 260 g/mol. The van der Waals surface area contributed by atoms with Crippen LogP contribution < -0.4 is 10.6 Å². The summed E-state index contributed by atoms with van der Waals surface area (Å²) < 4.78 is 0. The van der Waals surface area contributed by atoms with Crippen LogP contribution in [-0.4, -0.2) is 19.5 Å². The molecule has 0 saturated heterocycles. The highest BCUT2D eigenvalue weighted by Gasteiger charge is 2.10. The molecule has 2 rings (SSSR count). The zero-order chi connectivity index (χ0) is 15.2. The van der Waals surface area contributed by atoms with Crippen LogP contribution in [0.25, 0.3) is 0 Å². The van der Waals surface area contributed by atoms with Gasteiger partial charge in [-0.15, -0.1) is 0 Å². The predicted molar refractivity (Wildman–Crippen MR) is 87.9 cm³/mol. The molecule has 0 aromatic heterocycles. The maximum absolute atomic E-state index is 12.3. The van der Waals surface area contributed by atoms with Gasteiger partial charge in [0.1, 0.15) is 0 Å². The van der Waals surface area contributed by atoms with Crippen LogP contribution in [0.4, 0.5) is 5.69 Å².